The van der Waals surface area contributed by atoms with E-state index in [4.69, 9.17) is 0 Å². The summed E-state index contributed by atoms with van der Waals surface area (Å²) in [4.78, 5) is 0. The molecule has 0 heterocycles. The summed E-state index contributed by atoms with van der Waals surface area (Å²) in [7, 11) is 0. The Morgan fingerprint density at radius 1 is 0.923 bits per heavy atom. The number of rotatable bonds is 4. The molecular weight excluding hydrogens is 316 g/mol. The van der Waals surface area contributed by atoms with E-state index in [2.05, 4.69) is 82.3 Å². The van der Waals surface area contributed by atoms with Crippen LogP contribution in [0.25, 0.3) is 5.57 Å². The monoisotopic (exact) mass is 342 g/mol. The van der Waals surface area contributed by atoms with Crippen LogP contribution in [0.3, 0.4) is 0 Å². The van der Waals surface area contributed by atoms with Gasteiger partial charge >= 0.3 is 0 Å². The third-order valence-electron chi connectivity index (χ3n) is 5.31. The molecule has 0 spiro atoms. The van der Waals surface area contributed by atoms with E-state index in [1.807, 2.05) is 12.1 Å². The Morgan fingerprint density at radius 2 is 1.62 bits per heavy atom. The molecule has 0 radical (unpaired) electrons. The number of hydrogen-bond donors (Lipinski definition) is 1. The van der Waals surface area contributed by atoms with Gasteiger partial charge < -0.3 is 5.11 Å². The topological polar surface area (TPSA) is 20.2 Å². The summed E-state index contributed by atoms with van der Waals surface area (Å²) in [6.45, 7) is 8.45. The first-order valence-electron chi connectivity index (χ1n) is 9.14. The first kappa shape index (κ1) is 18.0. The van der Waals surface area contributed by atoms with Crippen molar-refractivity contribution in [1.82, 2.24) is 0 Å². The van der Waals surface area contributed by atoms with Gasteiger partial charge in [-0.25, -0.2) is 0 Å². The average molecular weight is 342 g/mol. The largest absolute Gasteiger partial charge is 0.508 e. The van der Waals surface area contributed by atoms with E-state index in [0.29, 0.717) is 5.75 Å². The highest BCUT2D eigenvalue weighted by Gasteiger charge is 2.45. The first-order valence-corrected chi connectivity index (χ1v) is 9.14. The molecule has 0 fully saturated rings. The fraction of sp³-hybridized carbons (Fsp3) is 0.200. The summed E-state index contributed by atoms with van der Waals surface area (Å²) in [6, 6.07) is 16.3. The van der Waals surface area contributed by atoms with Gasteiger partial charge in [0, 0.05) is 0 Å². The number of phenolic OH excluding ortho intramolecular Hbond substituents is 1. The van der Waals surface area contributed by atoms with E-state index in [1.54, 1.807) is 12.1 Å². The lowest BCUT2D eigenvalue weighted by molar-refractivity contribution is 0.475. The Balaban J connectivity index is 2.47. The van der Waals surface area contributed by atoms with Gasteiger partial charge in [0.25, 0.3) is 0 Å². The number of benzene rings is 2. The van der Waals surface area contributed by atoms with Gasteiger partial charge in [0.05, 0.1) is 5.41 Å². The van der Waals surface area contributed by atoms with Crippen molar-refractivity contribution in [2.45, 2.75) is 33.1 Å². The molecule has 1 aliphatic carbocycles. The molecule has 0 aromatic heterocycles. The maximum atomic E-state index is 9.83. The Kier molecular flexibility index (Phi) is 4.99. The van der Waals surface area contributed by atoms with Crippen LogP contribution < -0.4 is 0 Å². The normalized spacial score (nSPS) is 20.4. The lowest BCUT2D eigenvalue weighted by Crippen LogP contribution is -2.29. The number of phenols is 1. The summed E-state index contributed by atoms with van der Waals surface area (Å²) < 4.78 is 0. The molecule has 0 saturated heterocycles. The minimum Gasteiger partial charge on any atom is -0.508 e. The van der Waals surface area contributed by atoms with Crippen LogP contribution in [0, 0.1) is 0 Å². The molecule has 1 N–H and O–H groups in total. The highest BCUT2D eigenvalue weighted by atomic mass is 16.3. The molecule has 3 rings (SSSR count). The number of allylic oxidation sites excluding steroid dienone is 8. The molecule has 26 heavy (non-hydrogen) atoms. The molecule has 132 valence electrons. The molecule has 1 nitrogen and oxygen atoms in total. The zero-order valence-electron chi connectivity index (χ0n) is 16.0. The van der Waals surface area contributed by atoms with Crippen LogP contribution in [-0.2, 0) is 5.41 Å². The molecule has 2 aromatic rings. The van der Waals surface area contributed by atoms with E-state index in [0.717, 1.165) is 0 Å². The van der Waals surface area contributed by atoms with Crippen molar-refractivity contribution < 1.29 is 5.11 Å². The lowest BCUT2D eigenvalue weighted by atomic mass is 9.66. The maximum Gasteiger partial charge on any atom is 0.115 e. The number of hydrogen-bond acceptors (Lipinski definition) is 1. The van der Waals surface area contributed by atoms with Crippen molar-refractivity contribution in [1.29, 1.82) is 0 Å². The summed E-state index contributed by atoms with van der Waals surface area (Å²) in [5.74, 6) is 0.290. The minimum absolute atomic E-state index is 0.290. The summed E-state index contributed by atoms with van der Waals surface area (Å²) in [5.41, 5.74) is 7.23. The quantitative estimate of drug-likeness (QED) is 0.623. The SMILES string of the molecule is CC=CC(=CC)C1(c2ccc(O)cc2)C(C)=C(C=CC)c2ccccc21. The van der Waals surface area contributed by atoms with Crippen LogP contribution in [0.1, 0.15) is 44.4 Å². The molecule has 1 unspecified atom stereocenters. The Bertz CT molecular complexity index is 923. The second-order valence-corrected chi connectivity index (χ2v) is 6.63. The van der Waals surface area contributed by atoms with Crippen LogP contribution in [-0.4, -0.2) is 5.11 Å². The van der Waals surface area contributed by atoms with Crippen LogP contribution in [0.5, 0.6) is 5.75 Å². The Morgan fingerprint density at radius 3 is 2.23 bits per heavy atom. The van der Waals surface area contributed by atoms with E-state index in [1.165, 1.54) is 33.4 Å². The molecule has 0 bridgehead atoms. The van der Waals surface area contributed by atoms with Gasteiger partial charge in [-0.05, 0) is 73.2 Å². The minimum atomic E-state index is -0.347. The number of fused-ring (bicyclic) bond motifs is 1. The molecule has 0 saturated carbocycles. The zero-order valence-corrected chi connectivity index (χ0v) is 16.0. The Hall–Kier alpha value is -2.80. The van der Waals surface area contributed by atoms with Gasteiger partial charge in [-0.2, -0.15) is 0 Å². The van der Waals surface area contributed by atoms with Crippen molar-refractivity contribution in [2.75, 3.05) is 0 Å². The second-order valence-electron chi connectivity index (χ2n) is 6.63. The van der Waals surface area contributed by atoms with Crippen LogP contribution >= 0.6 is 0 Å². The molecule has 1 aliphatic rings. The summed E-state index contributed by atoms with van der Waals surface area (Å²) >= 11 is 0. The van der Waals surface area contributed by atoms with Crippen LogP contribution in [0.15, 0.2) is 90.1 Å². The third kappa shape index (κ3) is 2.55. The van der Waals surface area contributed by atoms with Crippen molar-refractivity contribution in [2.24, 2.45) is 0 Å². The first-order chi connectivity index (χ1) is 12.6. The fourth-order valence-electron chi connectivity index (χ4n) is 4.27. The fourth-order valence-corrected chi connectivity index (χ4v) is 4.27. The van der Waals surface area contributed by atoms with Gasteiger partial charge in [0.2, 0.25) is 0 Å². The molecule has 2 aromatic carbocycles. The smallest absolute Gasteiger partial charge is 0.115 e. The van der Waals surface area contributed by atoms with E-state index in [9.17, 15) is 5.11 Å². The predicted molar refractivity (Wildman–Crippen MR) is 111 cm³/mol. The molecule has 0 aliphatic heterocycles. The van der Waals surface area contributed by atoms with Gasteiger partial charge in [-0.15, -0.1) is 0 Å². The number of aromatic hydroxyl groups is 1. The van der Waals surface area contributed by atoms with Crippen molar-refractivity contribution in [3.05, 3.63) is 107 Å². The highest BCUT2D eigenvalue weighted by Crippen LogP contribution is 2.55. The third-order valence-corrected chi connectivity index (χ3v) is 5.31. The van der Waals surface area contributed by atoms with Gasteiger partial charge in [-0.1, -0.05) is 66.8 Å². The molecular formula is C25H26O. The lowest BCUT2D eigenvalue weighted by Gasteiger charge is -2.35. The van der Waals surface area contributed by atoms with Gasteiger partial charge in [0.15, 0.2) is 0 Å². The van der Waals surface area contributed by atoms with Gasteiger partial charge in [-0.3, -0.25) is 0 Å². The maximum absolute atomic E-state index is 9.83. The highest BCUT2D eigenvalue weighted by molar-refractivity contribution is 5.89. The van der Waals surface area contributed by atoms with E-state index in [-0.39, 0.29) is 5.41 Å². The average Bonchev–Trinajstić information content (AvgIpc) is 2.90. The van der Waals surface area contributed by atoms with Crippen LogP contribution in [0.2, 0.25) is 0 Å². The van der Waals surface area contributed by atoms with E-state index >= 15 is 0 Å². The van der Waals surface area contributed by atoms with E-state index < -0.39 is 0 Å². The summed E-state index contributed by atoms with van der Waals surface area (Å²) in [5, 5.41) is 9.83. The molecule has 1 heteroatoms. The van der Waals surface area contributed by atoms with Crippen LogP contribution in [0.4, 0.5) is 0 Å². The second kappa shape index (κ2) is 7.21. The van der Waals surface area contributed by atoms with Crippen molar-refractivity contribution in [3.8, 4) is 5.75 Å². The summed E-state index contributed by atoms with van der Waals surface area (Å²) in [6.07, 6.45) is 10.8. The Labute approximate surface area is 156 Å². The van der Waals surface area contributed by atoms with Crippen molar-refractivity contribution in [3.63, 3.8) is 0 Å². The molecule has 0 amide bonds. The molecule has 1 atom stereocenters. The zero-order chi connectivity index (χ0) is 18.7. The standard InChI is InChI=1S/C25H26O/c1-5-10-19(7-3)25(20-14-16-21(26)17-15-20)18(4)22(11-6-2)23-12-8-9-13-24(23)25/h5-17,26H,1-4H3. The predicted octanol–water partition coefficient (Wildman–Crippen LogP) is 6.56. The van der Waals surface area contributed by atoms with Gasteiger partial charge in [0.1, 0.15) is 5.75 Å². The van der Waals surface area contributed by atoms with Crippen molar-refractivity contribution >= 4 is 5.57 Å².